The van der Waals surface area contributed by atoms with Crippen LogP contribution in [0, 0.1) is 17.8 Å². The summed E-state index contributed by atoms with van der Waals surface area (Å²) in [6.07, 6.45) is -8.81. The lowest BCUT2D eigenvalue weighted by Gasteiger charge is -2.49. The van der Waals surface area contributed by atoms with Gasteiger partial charge in [-0.3, -0.25) is 24.5 Å². The van der Waals surface area contributed by atoms with E-state index < -0.39 is 114 Å². The Morgan fingerprint density at radius 2 is 1.58 bits per heavy atom. The highest BCUT2D eigenvalue weighted by molar-refractivity contribution is 5.83. The molecule has 4 heterocycles. The predicted molar refractivity (Wildman–Crippen MR) is 232 cm³/mol. The molecule has 0 aliphatic carbocycles. The van der Waals surface area contributed by atoms with Crippen LogP contribution < -0.4 is 5.48 Å². The number of cyclic esters (lactones) is 1. The van der Waals surface area contributed by atoms with Crippen molar-refractivity contribution in [2.75, 3.05) is 46.9 Å². The van der Waals surface area contributed by atoms with Gasteiger partial charge < -0.3 is 63.8 Å². The Hall–Kier alpha value is -2.11. The third kappa shape index (κ3) is 12.9. The van der Waals surface area contributed by atoms with E-state index in [1.165, 1.54) is 14.0 Å². The molecule has 7 N–H and O–H groups in total. The Labute approximate surface area is 379 Å². The minimum absolute atomic E-state index is 0.0725. The number of hydrogen-bond donors (Lipinski definition) is 7. The number of carbonyl (C=O) groups excluding carboxylic acids is 3. The van der Waals surface area contributed by atoms with E-state index in [1.54, 1.807) is 51.9 Å². The summed E-state index contributed by atoms with van der Waals surface area (Å²) in [6, 6.07) is -1.33. The van der Waals surface area contributed by atoms with Gasteiger partial charge >= 0.3 is 5.97 Å². The molecule has 64 heavy (non-hydrogen) atoms. The molecule has 0 spiro atoms. The monoisotopic (exact) mass is 919 g/mol. The topological polar surface area (TPSA) is 250 Å². The number of ether oxygens (including phenoxy) is 6. The smallest absolute Gasteiger partial charge is 0.311 e. The zero-order chi connectivity index (χ0) is 48.1. The number of aliphatic hydroxyl groups is 5. The van der Waals surface area contributed by atoms with E-state index in [2.05, 4.69) is 0 Å². The van der Waals surface area contributed by atoms with Gasteiger partial charge in [0.05, 0.1) is 53.7 Å². The van der Waals surface area contributed by atoms with Crippen LogP contribution in [0.3, 0.4) is 0 Å². The first-order chi connectivity index (χ1) is 29.8. The number of methoxy groups -OCH3 is 1. The summed E-state index contributed by atoms with van der Waals surface area (Å²) in [5.41, 5.74) is -3.02. The Morgan fingerprint density at radius 1 is 0.906 bits per heavy atom. The molecule has 4 saturated heterocycles. The summed E-state index contributed by atoms with van der Waals surface area (Å²) in [7, 11) is 3.31. The summed E-state index contributed by atoms with van der Waals surface area (Å²) >= 11 is 0. The van der Waals surface area contributed by atoms with Crippen molar-refractivity contribution in [2.45, 2.75) is 204 Å². The Morgan fingerprint density at radius 3 is 2.20 bits per heavy atom. The van der Waals surface area contributed by atoms with Gasteiger partial charge in [0, 0.05) is 77.5 Å². The van der Waals surface area contributed by atoms with Gasteiger partial charge in [-0.25, -0.2) is 5.48 Å². The van der Waals surface area contributed by atoms with E-state index in [4.69, 9.17) is 33.6 Å². The molecule has 19 nitrogen and oxygen atoms in total. The van der Waals surface area contributed by atoms with Crippen LogP contribution in [0.4, 0.5) is 0 Å². The SMILES string of the molecule is CC[C@H]1OC(=O)[C@H](C)[C@@H](O[C@H]2C[C@@](C)(OC)[C@@H](O)[C@H](C)O2)[C@H](C)[C@@H](O[C@@H]2O[C@H](C)CC(O)[C@@H]2N2CCCN(C(=O)CCC(=O)NO)CC2)[C@](C)(O)C[C@@H](C)CN(C)[C@H](C)[C@@H](O)[C@]1(C)O. The largest absolute Gasteiger partial charge is 0.459 e. The van der Waals surface area contributed by atoms with E-state index in [0.29, 0.717) is 45.6 Å². The average molecular weight is 919 g/mol. The van der Waals surface area contributed by atoms with Crippen LogP contribution in [-0.2, 0) is 42.8 Å². The highest BCUT2D eigenvalue weighted by Gasteiger charge is 2.53. The number of likely N-dealkylation sites (N-methyl/N-ethyl adjacent to an activating group) is 1. The Balaban J connectivity index is 1.79. The van der Waals surface area contributed by atoms with Crippen molar-refractivity contribution in [1.82, 2.24) is 20.2 Å². The minimum Gasteiger partial charge on any atom is -0.459 e. The molecule has 4 aliphatic rings. The summed E-state index contributed by atoms with van der Waals surface area (Å²) in [4.78, 5) is 44.8. The van der Waals surface area contributed by atoms with Gasteiger partial charge in [0.15, 0.2) is 12.6 Å². The van der Waals surface area contributed by atoms with Crippen molar-refractivity contribution in [3.63, 3.8) is 0 Å². The minimum atomic E-state index is -1.85. The lowest BCUT2D eigenvalue weighted by Crippen LogP contribution is -2.62. The van der Waals surface area contributed by atoms with Gasteiger partial charge in [-0.15, -0.1) is 0 Å². The van der Waals surface area contributed by atoms with E-state index in [-0.39, 0.29) is 43.9 Å². The van der Waals surface area contributed by atoms with Crippen LogP contribution in [0.5, 0.6) is 0 Å². The molecule has 0 saturated carbocycles. The first-order valence-corrected chi connectivity index (χ1v) is 23.3. The first kappa shape index (κ1) is 54.5. The number of aliphatic hydroxyl groups excluding tert-OH is 3. The average Bonchev–Trinajstić information content (AvgIpc) is 3.48. The molecule has 4 fully saturated rings. The molecule has 19 heteroatoms. The molecule has 2 amide bonds. The highest BCUT2D eigenvalue weighted by atomic mass is 16.7. The van der Waals surface area contributed by atoms with Gasteiger partial charge in [-0.2, -0.15) is 0 Å². The van der Waals surface area contributed by atoms with E-state index in [1.807, 2.05) is 37.6 Å². The predicted octanol–water partition coefficient (Wildman–Crippen LogP) is 1.16. The Kier molecular flexibility index (Phi) is 19.4. The third-order valence-corrected chi connectivity index (χ3v) is 14.5. The van der Waals surface area contributed by atoms with Crippen LogP contribution >= 0.6 is 0 Å². The van der Waals surface area contributed by atoms with E-state index in [0.717, 1.165) is 0 Å². The van der Waals surface area contributed by atoms with Crippen molar-refractivity contribution < 1.29 is 73.5 Å². The summed E-state index contributed by atoms with van der Waals surface area (Å²) in [6.45, 7) is 19.3. The number of esters is 1. The third-order valence-electron chi connectivity index (χ3n) is 14.5. The molecule has 0 radical (unpaired) electrons. The zero-order valence-electron chi connectivity index (χ0n) is 40.3. The lowest BCUT2D eigenvalue weighted by molar-refractivity contribution is -0.315. The quantitative estimate of drug-likeness (QED) is 0.0923. The van der Waals surface area contributed by atoms with Crippen LogP contribution in [0.1, 0.15) is 114 Å². The van der Waals surface area contributed by atoms with Crippen LogP contribution in [0.15, 0.2) is 0 Å². The fourth-order valence-corrected chi connectivity index (χ4v) is 10.6. The maximum Gasteiger partial charge on any atom is 0.311 e. The van der Waals surface area contributed by atoms with Crippen molar-refractivity contribution in [2.24, 2.45) is 17.8 Å². The molecule has 0 aromatic heterocycles. The van der Waals surface area contributed by atoms with Crippen molar-refractivity contribution in [3.8, 4) is 0 Å². The highest BCUT2D eigenvalue weighted by Crippen LogP contribution is 2.40. The molecular formula is C45H82N4O15. The molecular weight excluding hydrogens is 837 g/mol. The lowest BCUT2D eigenvalue weighted by atomic mass is 9.77. The first-order valence-electron chi connectivity index (χ1n) is 23.3. The van der Waals surface area contributed by atoms with Crippen LogP contribution in [-0.4, -0.2) is 200 Å². The van der Waals surface area contributed by atoms with Gasteiger partial charge in [-0.05, 0) is 80.7 Å². The van der Waals surface area contributed by atoms with Gasteiger partial charge in [0.2, 0.25) is 11.8 Å². The summed E-state index contributed by atoms with van der Waals surface area (Å²) in [5, 5.41) is 68.2. The normalized spacial score (nSPS) is 44.2. The fourth-order valence-electron chi connectivity index (χ4n) is 10.6. The summed E-state index contributed by atoms with van der Waals surface area (Å²) in [5.74, 6) is -3.74. The number of hydrogen-bond acceptors (Lipinski definition) is 17. The number of rotatable bonds is 10. The second-order valence-corrected chi connectivity index (χ2v) is 20.0. The molecule has 0 bridgehead atoms. The zero-order valence-corrected chi connectivity index (χ0v) is 40.3. The van der Waals surface area contributed by atoms with E-state index >= 15 is 0 Å². The Bertz CT molecular complexity index is 1530. The van der Waals surface area contributed by atoms with Gasteiger partial charge in [0.25, 0.3) is 0 Å². The molecule has 4 rings (SSSR count). The second-order valence-electron chi connectivity index (χ2n) is 20.0. The standard InChI is InChI=1S/C45H82N4O15/c1-13-32-45(10,57)38(53)29(6)47(11)24-25(2)22-43(8,56)40(27(4)37(28(5)41(55)62-32)63-35-23-44(9,59-12)39(54)30(7)61-35)64-42-36(31(50)21-26(3)60-42)49-18-14-17-48(19-20-49)34(52)16-15-33(51)46-58/h25-32,35-40,42,50,53-54,56-58H,13-24H2,1-12H3,(H,46,51)/t25-,26-,27+,28-,29-,30+,31?,32-,35+,36+,37+,38-,39+,40-,42+,43-,44-,45-/m1/s1. The maximum atomic E-state index is 14.5. The number of amides is 2. The molecule has 18 atom stereocenters. The van der Waals surface area contributed by atoms with Crippen molar-refractivity contribution in [1.29, 1.82) is 0 Å². The number of nitrogens with zero attached hydrogens (tertiary/aromatic N) is 3. The van der Waals surface area contributed by atoms with E-state index in [9.17, 15) is 39.9 Å². The van der Waals surface area contributed by atoms with Crippen molar-refractivity contribution >= 4 is 17.8 Å². The molecule has 372 valence electrons. The number of nitrogens with one attached hydrogen (secondary N) is 1. The van der Waals surface area contributed by atoms with Crippen LogP contribution in [0.25, 0.3) is 0 Å². The van der Waals surface area contributed by atoms with Crippen molar-refractivity contribution in [3.05, 3.63) is 0 Å². The summed E-state index contributed by atoms with van der Waals surface area (Å²) < 4.78 is 38.5. The second kappa shape index (κ2) is 22.8. The molecule has 0 aromatic carbocycles. The van der Waals surface area contributed by atoms with Crippen LogP contribution in [0.2, 0.25) is 0 Å². The van der Waals surface area contributed by atoms with Gasteiger partial charge in [0.1, 0.15) is 23.9 Å². The molecule has 1 unspecified atom stereocenters. The van der Waals surface area contributed by atoms with Gasteiger partial charge in [-0.1, -0.05) is 20.8 Å². The fraction of sp³-hybridized carbons (Fsp3) is 0.933. The maximum absolute atomic E-state index is 14.5. The molecule has 4 aliphatic heterocycles. The molecule has 0 aromatic rings. The number of carbonyl (C=O) groups is 3. The number of hydroxylamine groups is 1.